The highest BCUT2D eigenvalue weighted by atomic mass is 32.2. The van der Waals surface area contributed by atoms with Crippen LogP contribution in [0.1, 0.15) is 11.1 Å². The van der Waals surface area contributed by atoms with Crippen LogP contribution in [0.2, 0.25) is 0 Å². The zero-order valence-electron chi connectivity index (χ0n) is 13.5. The van der Waals surface area contributed by atoms with Gasteiger partial charge in [0.2, 0.25) is 0 Å². The molecule has 2 rings (SSSR count). The van der Waals surface area contributed by atoms with Crippen molar-refractivity contribution in [3.05, 3.63) is 63.7 Å². The number of non-ortho nitro benzene ring substituents is 1. The molecule has 8 nitrogen and oxygen atoms in total. The van der Waals surface area contributed by atoms with Crippen LogP contribution in [0.15, 0.2) is 47.4 Å². The molecule has 0 aliphatic rings. The highest BCUT2D eigenvalue weighted by molar-refractivity contribution is 7.92. The van der Waals surface area contributed by atoms with E-state index in [1.54, 1.807) is 19.1 Å². The lowest BCUT2D eigenvalue weighted by Crippen LogP contribution is -2.36. The van der Waals surface area contributed by atoms with Crippen LogP contribution < -0.4 is 4.31 Å². The summed E-state index contributed by atoms with van der Waals surface area (Å²) >= 11 is 0. The predicted octanol–water partition coefficient (Wildman–Crippen LogP) is 2.49. The van der Waals surface area contributed by atoms with E-state index in [-0.39, 0.29) is 21.8 Å². The number of carboxylic acids is 1. The number of rotatable bonds is 6. The van der Waals surface area contributed by atoms with Crippen molar-refractivity contribution in [2.45, 2.75) is 18.7 Å². The summed E-state index contributed by atoms with van der Waals surface area (Å²) in [5.74, 6) is -1.34. The van der Waals surface area contributed by atoms with Crippen LogP contribution in [0.25, 0.3) is 0 Å². The molecule has 0 radical (unpaired) electrons. The standard InChI is InChI=1S/C16H16N2O6S/c1-11-3-6-14(7-4-11)25(23,24)17(10-16(19)20)15-8-5-13(18(21)22)9-12(15)2/h3-9H,10H2,1-2H3,(H,19,20). The van der Waals surface area contributed by atoms with E-state index in [1.807, 2.05) is 0 Å². The number of aryl methyl sites for hydroxylation is 2. The summed E-state index contributed by atoms with van der Waals surface area (Å²) in [6.07, 6.45) is 0. The molecule has 9 heteroatoms. The third-order valence-electron chi connectivity index (χ3n) is 3.55. The van der Waals surface area contributed by atoms with Gasteiger partial charge in [-0.15, -0.1) is 0 Å². The molecule has 0 saturated heterocycles. The molecular weight excluding hydrogens is 348 g/mol. The second-order valence-corrected chi connectivity index (χ2v) is 7.31. The Morgan fingerprint density at radius 2 is 1.76 bits per heavy atom. The smallest absolute Gasteiger partial charge is 0.324 e. The van der Waals surface area contributed by atoms with Crippen LogP contribution in [0.3, 0.4) is 0 Å². The molecule has 0 aromatic heterocycles. The number of carboxylic acid groups (broad SMARTS) is 1. The highest BCUT2D eigenvalue weighted by Crippen LogP contribution is 2.29. The summed E-state index contributed by atoms with van der Waals surface area (Å²) in [6, 6.07) is 9.57. The van der Waals surface area contributed by atoms with Crippen LogP contribution in [0.5, 0.6) is 0 Å². The molecule has 0 unspecified atom stereocenters. The third kappa shape index (κ3) is 3.94. The van der Waals surface area contributed by atoms with Gasteiger partial charge in [0.25, 0.3) is 15.7 Å². The van der Waals surface area contributed by atoms with E-state index < -0.39 is 27.5 Å². The molecular formula is C16H16N2O6S. The molecule has 0 heterocycles. The first kappa shape index (κ1) is 18.4. The Bertz CT molecular complexity index is 922. The average Bonchev–Trinajstić information content (AvgIpc) is 2.53. The number of nitro groups is 1. The second kappa shape index (κ2) is 6.89. The van der Waals surface area contributed by atoms with Gasteiger partial charge in [0.15, 0.2) is 0 Å². The highest BCUT2D eigenvalue weighted by Gasteiger charge is 2.28. The Balaban J connectivity index is 2.58. The predicted molar refractivity (Wildman–Crippen MR) is 91.2 cm³/mol. The van der Waals surface area contributed by atoms with Gasteiger partial charge in [-0.25, -0.2) is 8.42 Å². The molecule has 2 aromatic rings. The van der Waals surface area contributed by atoms with E-state index in [1.165, 1.54) is 31.2 Å². The van der Waals surface area contributed by atoms with Crippen molar-refractivity contribution in [3.8, 4) is 0 Å². The van der Waals surface area contributed by atoms with Gasteiger partial charge in [-0.1, -0.05) is 17.7 Å². The average molecular weight is 364 g/mol. The number of nitro benzene ring substituents is 1. The zero-order chi connectivity index (χ0) is 18.8. The minimum absolute atomic E-state index is 0.0582. The fourth-order valence-corrected chi connectivity index (χ4v) is 3.77. The molecule has 0 saturated carbocycles. The maximum absolute atomic E-state index is 12.9. The van der Waals surface area contributed by atoms with Crippen LogP contribution in [0.4, 0.5) is 11.4 Å². The number of hydrogen-bond donors (Lipinski definition) is 1. The van der Waals surface area contributed by atoms with Crippen molar-refractivity contribution in [2.75, 3.05) is 10.8 Å². The van der Waals surface area contributed by atoms with E-state index in [0.717, 1.165) is 15.9 Å². The van der Waals surface area contributed by atoms with Gasteiger partial charge >= 0.3 is 5.97 Å². The molecule has 25 heavy (non-hydrogen) atoms. The summed E-state index contributed by atoms with van der Waals surface area (Å²) in [5.41, 5.74) is 1.01. The second-order valence-electron chi connectivity index (χ2n) is 5.45. The Kier molecular flexibility index (Phi) is 5.07. The summed E-state index contributed by atoms with van der Waals surface area (Å²) in [5, 5.41) is 20.0. The lowest BCUT2D eigenvalue weighted by molar-refractivity contribution is -0.384. The number of hydrogen-bond acceptors (Lipinski definition) is 5. The minimum atomic E-state index is -4.14. The Morgan fingerprint density at radius 3 is 2.24 bits per heavy atom. The van der Waals surface area contributed by atoms with Crippen molar-refractivity contribution < 1.29 is 23.2 Å². The fraction of sp³-hybridized carbons (Fsp3) is 0.188. The molecule has 0 fully saturated rings. The van der Waals surface area contributed by atoms with Gasteiger partial charge in [-0.3, -0.25) is 19.2 Å². The van der Waals surface area contributed by atoms with Gasteiger partial charge in [-0.05, 0) is 37.6 Å². The molecule has 0 aliphatic heterocycles. The van der Waals surface area contributed by atoms with Gasteiger partial charge in [0, 0.05) is 12.1 Å². The van der Waals surface area contributed by atoms with Crippen molar-refractivity contribution >= 4 is 27.4 Å². The molecule has 0 amide bonds. The first-order chi connectivity index (χ1) is 11.6. The van der Waals surface area contributed by atoms with E-state index in [0.29, 0.717) is 0 Å². The van der Waals surface area contributed by atoms with E-state index in [4.69, 9.17) is 5.11 Å². The number of aliphatic carboxylic acids is 1. The first-order valence-electron chi connectivity index (χ1n) is 7.19. The Hall–Kier alpha value is -2.94. The zero-order valence-corrected chi connectivity index (χ0v) is 14.4. The maximum atomic E-state index is 12.9. The van der Waals surface area contributed by atoms with E-state index >= 15 is 0 Å². The van der Waals surface area contributed by atoms with Crippen molar-refractivity contribution in [3.63, 3.8) is 0 Å². The molecule has 132 valence electrons. The normalized spacial score (nSPS) is 11.1. The lowest BCUT2D eigenvalue weighted by atomic mass is 10.2. The Labute approximate surface area is 144 Å². The van der Waals surface area contributed by atoms with Crippen molar-refractivity contribution in [1.29, 1.82) is 0 Å². The van der Waals surface area contributed by atoms with Gasteiger partial charge in [0.05, 0.1) is 15.5 Å². The lowest BCUT2D eigenvalue weighted by Gasteiger charge is -2.24. The molecule has 2 aromatic carbocycles. The molecule has 0 atom stereocenters. The van der Waals surface area contributed by atoms with E-state index in [9.17, 15) is 23.3 Å². The van der Waals surface area contributed by atoms with Crippen molar-refractivity contribution in [2.24, 2.45) is 0 Å². The summed E-state index contributed by atoms with van der Waals surface area (Å²) < 4.78 is 26.5. The van der Waals surface area contributed by atoms with Gasteiger partial charge in [0.1, 0.15) is 6.54 Å². The Morgan fingerprint density at radius 1 is 1.16 bits per heavy atom. The first-order valence-corrected chi connectivity index (χ1v) is 8.63. The molecule has 1 N–H and O–H groups in total. The fourth-order valence-electron chi connectivity index (χ4n) is 2.29. The number of anilines is 1. The number of nitrogens with zero attached hydrogens (tertiary/aromatic N) is 2. The molecule has 0 bridgehead atoms. The summed E-state index contributed by atoms with van der Waals surface area (Å²) in [6.45, 7) is 2.49. The topological polar surface area (TPSA) is 118 Å². The monoisotopic (exact) mass is 364 g/mol. The summed E-state index contributed by atoms with van der Waals surface area (Å²) in [7, 11) is -4.14. The number of sulfonamides is 1. The van der Waals surface area contributed by atoms with Crippen LogP contribution in [-0.2, 0) is 14.8 Å². The van der Waals surface area contributed by atoms with Crippen LogP contribution >= 0.6 is 0 Å². The number of carbonyl (C=O) groups is 1. The van der Waals surface area contributed by atoms with Crippen LogP contribution in [-0.4, -0.2) is 31.0 Å². The SMILES string of the molecule is Cc1ccc(S(=O)(=O)N(CC(=O)O)c2ccc([N+](=O)[O-])cc2C)cc1. The maximum Gasteiger partial charge on any atom is 0.324 e. The minimum Gasteiger partial charge on any atom is -0.480 e. The third-order valence-corrected chi connectivity index (χ3v) is 5.32. The quantitative estimate of drug-likeness (QED) is 0.621. The van der Waals surface area contributed by atoms with Crippen molar-refractivity contribution in [1.82, 2.24) is 0 Å². The molecule has 0 spiro atoms. The summed E-state index contributed by atoms with van der Waals surface area (Å²) in [4.78, 5) is 21.4. The number of benzene rings is 2. The largest absolute Gasteiger partial charge is 0.480 e. The van der Waals surface area contributed by atoms with E-state index in [2.05, 4.69) is 0 Å². The van der Waals surface area contributed by atoms with Gasteiger partial charge < -0.3 is 5.11 Å². The van der Waals surface area contributed by atoms with Crippen LogP contribution in [0, 0.1) is 24.0 Å². The molecule has 0 aliphatic carbocycles. The van der Waals surface area contributed by atoms with Gasteiger partial charge in [-0.2, -0.15) is 0 Å².